The summed E-state index contributed by atoms with van der Waals surface area (Å²) in [5.41, 5.74) is -0.889. The summed E-state index contributed by atoms with van der Waals surface area (Å²) in [6.45, 7) is 1.28. The van der Waals surface area contributed by atoms with Crippen LogP contribution in [0, 0.1) is 11.3 Å². The molecule has 0 atom stereocenters. The van der Waals surface area contributed by atoms with Crippen molar-refractivity contribution in [1.29, 1.82) is 5.26 Å². The lowest BCUT2D eigenvalue weighted by atomic mass is 10.1. The predicted octanol–water partition coefficient (Wildman–Crippen LogP) is 3.07. The highest BCUT2D eigenvalue weighted by molar-refractivity contribution is 5.95. The van der Waals surface area contributed by atoms with Crippen molar-refractivity contribution in [3.05, 3.63) is 41.0 Å². The molecule has 0 saturated heterocycles. The van der Waals surface area contributed by atoms with Gasteiger partial charge in [0.1, 0.15) is 5.57 Å². The Labute approximate surface area is 107 Å². The van der Waals surface area contributed by atoms with Crippen molar-refractivity contribution < 1.29 is 22.7 Å². The van der Waals surface area contributed by atoms with E-state index in [4.69, 9.17) is 5.26 Å². The lowest BCUT2D eigenvalue weighted by Gasteiger charge is -2.10. The lowest BCUT2D eigenvalue weighted by molar-refractivity contribution is -0.149. The van der Waals surface area contributed by atoms with Crippen LogP contribution in [0.1, 0.15) is 18.1 Å². The quantitative estimate of drug-likeness (QED) is 0.626. The third-order valence-corrected chi connectivity index (χ3v) is 2.15. The number of ether oxygens (including phenoxy) is 1. The molecule has 0 bridgehead atoms. The summed E-state index contributed by atoms with van der Waals surface area (Å²) in [7, 11) is 0. The molecule has 0 saturated carbocycles. The fraction of sp³-hybridized carbons (Fsp3) is 0.231. The van der Waals surface area contributed by atoms with E-state index < -0.39 is 17.7 Å². The first-order valence-corrected chi connectivity index (χ1v) is 5.34. The molecular formula is C13H10F3NO2. The Morgan fingerprint density at radius 3 is 2.37 bits per heavy atom. The second-order valence-electron chi connectivity index (χ2n) is 3.51. The van der Waals surface area contributed by atoms with Crippen LogP contribution in [0.3, 0.4) is 0 Å². The molecule has 0 heterocycles. The van der Waals surface area contributed by atoms with Crippen LogP contribution in [0.4, 0.5) is 13.2 Å². The van der Waals surface area contributed by atoms with E-state index >= 15 is 0 Å². The van der Waals surface area contributed by atoms with Gasteiger partial charge in [0.2, 0.25) is 0 Å². The lowest BCUT2D eigenvalue weighted by Crippen LogP contribution is -2.22. The van der Waals surface area contributed by atoms with Crippen molar-refractivity contribution in [3.63, 3.8) is 0 Å². The fourth-order valence-corrected chi connectivity index (χ4v) is 1.29. The van der Waals surface area contributed by atoms with Crippen molar-refractivity contribution in [2.45, 2.75) is 13.1 Å². The molecule has 0 aromatic heterocycles. The molecule has 0 aliphatic heterocycles. The van der Waals surface area contributed by atoms with Gasteiger partial charge in [-0.1, -0.05) is 12.1 Å². The minimum absolute atomic E-state index is 0.139. The molecule has 6 heteroatoms. The van der Waals surface area contributed by atoms with E-state index in [2.05, 4.69) is 4.74 Å². The second-order valence-corrected chi connectivity index (χ2v) is 3.51. The molecule has 3 nitrogen and oxygen atoms in total. The zero-order valence-electron chi connectivity index (χ0n) is 9.99. The summed E-state index contributed by atoms with van der Waals surface area (Å²) >= 11 is 0. The zero-order valence-corrected chi connectivity index (χ0v) is 9.99. The highest BCUT2D eigenvalue weighted by Crippen LogP contribution is 2.28. The SMILES string of the molecule is CCOC(=O)C(=Cc1ccc(C#N)cc1)C(F)(F)F. The number of hydrogen-bond donors (Lipinski definition) is 0. The molecule has 1 aromatic rings. The average molecular weight is 269 g/mol. The monoisotopic (exact) mass is 269 g/mol. The number of nitriles is 1. The number of hydrogen-bond acceptors (Lipinski definition) is 3. The molecule has 0 radical (unpaired) electrons. The average Bonchev–Trinajstić information content (AvgIpc) is 2.35. The van der Waals surface area contributed by atoms with E-state index in [0.29, 0.717) is 11.6 Å². The summed E-state index contributed by atoms with van der Waals surface area (Å²) in [6, 6.07) is 7.22. The van der Waals surface area contributed by atoms with Gasteiger partial charge in [-0.25, -0.2) is 4.79 Å². The van der Waals surface area contributed by atoms with Crippen LogP contribution in [0.5, 0.6) is 0 Å². The van der Waals surface area contributed by atoms with Crippen molar-refractivity contribution in [1.82, 2.24) is 0 Å². The molecule has 1 rings (SSSR count). The first kappa shape index (κ1) is 14.8. The standard InChI is InChI=1S/C13H10F3NO2/c1-2-19-12(18)11(13(14,15)16)7-9-3-5-10(8-17)6-4-9/h3-7H,2H2,1H3. The number of nitrogens with zero attached hydrogens (tertiary/aromatic N) is 1. The van der Waals surface area contributed by atoms with Crippen LogP contribution in [0.2, 0.25) is 0 Å². The van der Waals surface area contributed by atoms with Crippen LogP contribution in [-0.4, -0.2) is 18.8 Å². The summed E-state index contributed by atoms with van der Waals surface area (Å²) in [5, 5.41) is 8.58. The van der Waals surface area contributed by atoms with Crippen LogP contribution >= 0.6 is 0 Å². The number of carbonyl (C=O) groups excluding carboxylic acids is 1. The largest absolute Gasteiger partial charge is 0.462 e. The number of rotatable bonds is 3. The molecule has 0 N–H and O–H groups in total. The second kappa shape index (κ2) is 6.05. The molecule has 0 spiro atoms. The van der Waals surface area contributed by atoms with Gasteiger partial charge in [0, 0.05) is 0 Å². The highest BCUT2D eigenvalue weighted by atomic mass is 19.4. The number of halogens is 3. The first-order chi connectivity index (χ1) is 8.88. The number of esters is 1. The predicted molar refractivity (Wildman–Crippen MR) is 61.8 cm³/mol. The van der Waals surface area contributed by atoms with Gasteiger partial charge in [-0.3, -0.25) is 0 Å². The van der Waals surface area contributed by atoms with Gasteiger partial charge in [0.15, 0.2) is 0 Å². The van der Waals surface area contributed by atoms with Crippen molar-refractivity contribution in [3.8, 4) is 6.07 Å². The van der Waals surface area contributed by atoms with Gasteiger partial charge in [0.05, 0.1) is 18.2 Å². The third kappa shape index (κ3) is 4.14. The first-order valence-electron chi connectivity index (χ1n) is 5.34. The summed E-state index contributed by atoms with van der Waals surface area (Å²) in [4.78, 5) is 11.3. The maximum atomic E-state index is 12.7. The molecule has 1 aromatic carbocycles. The maximum absolute atomic E-state index is 12.7. The van der Waals surface area contributed by atoms with E-state index in [1.54, 1.807) is 0 Å². The van der Waals surface area contributed by atoms with Crippen molar-refractivity contribution in [2.24, 2.45) is 0 Å². The van der Waals surface area contributed by atoms with Gasteiger partial charge in [-0.2, -0.15) is 18.4 Å². The van der Waals surface area contributed by atoms with Gasteiger partial charge < -0.3 is 4.74 Å². The Balaban J connectivity index is 3.13. The van der Waals surface area contributed by atoms with Crippen LogP contribution in [0.25, 0.3) is 6.08 Å². The Hall–Kier alpha value is -2.29. The van der Waals surface area contributed by atoms with Crippen molar-refractivity contribution in [2.75, 3.05) is 6.61 Å². The van der Waals surface area contributed by atoms with Gasteiger partial charge in [0.25, 0.3) is 0 Å². The summed E-state index contributed by atoms with van der Waals surface area (Å²) < 4.78 is 42.5. The Morgan fingerprint density at radius 1 is 1.37 bits per heavy atom. The molecule has 0 fully saturated rings. The summed E-state index contributed by atoms with van der Waals surface area (Å²) in [6.07, 6.45) is -4.10. The minimum Gasteiger partial charge on any atom is -0.462 e. The van der Waals surface area contributed by atoms with E-state index in [1.807, 2.05) is 6.07 Å². The summed E-state index contributed by atoms with van der Waals surface area (Å²) in [5.74, 6) is -1.42. The van der Waals surface area contributed by atoms with Gasteiger partial charge >= 0.3 is 12.1 Å². The topological polar surface area (TPSA) is 50.1 Å². The third-order valence-electron chi connectivity index (χ3n) is 2.15. The Morgan fingerprint density at radius 2 is 1.95 bits per heavy atom. The Kier molecular flexibility index (Phi) is 4.70. The van der Waals surface area contributed by atoms with E-state index in [0.717, 1.165) is 0 Å². The van der Waals surface area contributed by atoms with E-state index in [1.165, 1.54) is 31.2 Å². The van der Waals surface area contributed by atoms with E-state index in [-0.39, 0.29) is 12.2 Å². The molecular weight excluding hydrogens is 259 g/mol. The maximum Gasteiger partial charge on any atom is 0.423 e. The molecule has 19 heavy (non-hydrogen) atoms. The minimum atomic E-state index is -4.79. The van der Waals surface area contributed by atoms with Gasteiger partial charge in [-0.15, -0.1) is 0 Å². The van der Waals surface area contributed by atoms with Crippen LogP contribution in [0.15, 0.2) is 29.8 Å². The van der Waals surface area contributed by atoms with Crippen molar-refractivity contribution >= 4 is 12.0 Å². The smallest absolute Gasteiger partial charge is 0.423 e. The highest BCUT2D eigenvalue weighted by Gasteiger charge is 2.39. The molecule has 0 aliphatic rings. The fourth-order valence-electron chi connectivity index (χ4n) is 1.29. The zero-order chi connectivity index (χ0) is 14.5. The van der Waals surface area contributed by atoms with Gasteiger partial charge in [-0.05, 0) is 30.7 Å². The van der Waals surface area contributed by atoms with Crippen LogP contribution < -0.4 is 0 Å². The van der Waals surface area contributed by atoms with E-state index in [9.17, 15) is 18.0 Å². The van der Waals surface area contributed by atoms with Crippen LogP contribution in [-0.2, 0) is 9.53 Å². The molecule has 100 valence electrons. The molecule has 0 aliphatic carbocycles. The molecule has 0 unspecified atom stereocenters. The number of alkyl halides is 3. The normalized spacial score (nSPS) is 11.8. The number of carbonyl (C=O) groups is 1. The Bertz CT molecular complexity index is 524. The molecule has 0 amide bonds. The number of benzene rings is 1.